The Kier molecular flexibility index (Phi) is 5.20. The molecule has 0 saturated carbocycles. The molecule has 0 aliphatic heterocycles. The molecule has 0 unspecified atom stereocenters. The number of hydrogen-bond acceptors (Lipinski definition) is 4. The normalized spacial score (nSPS) is 10.9. The number of esters is 2. The number of carbonyl (C=O) groups is 2. The Hall–Kier alpha value is -1.06. The van der Waals surface area contributed by atoms with E-state index in [1.165, 1.54) is 0 Å². The quantitative estimate of drug-likeness (QED) is 0.512. The van der Waals surface area contributed by atoms with Crippen molar-refractivity contribution in [2.45, 2.75) is 34.1 Å². The van der Waals surface area contributed by atoms with Crippen LogP contribution >= 0.6 is 0 Å². The summed E-state index contributed by atoms with van der Waals surface area (Å²) < 4.78 is 9.62. The maximum absolute atomic E-state index is 11.2. The van der Waals surface area contributed by atoms with Crippen molar-refractivity contribution in [3.8, 4) is 0 Å². The first-order chi connectivity index (χ1) is 6.38. The summed E-state index contributed by atoms with van der Waals surface area (Å²) in [5.41, 5.74) is -0.505. The molecule has 14 heavy (non-hydrogen) atoms. The summed E-state index contributed by atoms with van der Waals surface area (Å²) in [5, 5.41) is 0. The fourth-order valence-corrected chi connectivity index (χ4v) is 0.608. The van der Waals surface area contributed by atoms with E-state index in [2.05, 4.69) is 0 Å². The van der Waals surface area contributed by atoms with Gasteiger partial charge in [0.05, 0.1) is 5.41 Å². The van der Waals surface area contributed by atoms with Gasteiger partial charge in [-0.25, -0.2) is 0 Å². The third-order valence-electron chi connectivity index (χ3n) is 1.48. The van der Waals surface area contributed by atoms with Gasteiger partial charge in [0.2, 0.25) is 0 Å². The Labute approximate surface area is 84.6 Å². The summed E-state index contributed by atoms with van der Waals surface area (Å²) in [4.78, 5) is 21.9. The van der Waals surface area contributed by atoms with Crippen molar-refractivity contribution in [1.82, 2.24) is 0 Å². The van der Waals surface area contributed by atoms with Crippen LogP contribution in [0.5, 0.6) is 0 Å². The highest BCUT2D eigenvalue weighted by atomic mass is 16.6. The average Bonchev–Trinajstić information content (AvgIpc) is 2.09. The lowest BCUT2D eigenvalue weighted by atomic mass is 9.97. The van der Waals surface area contributed by atoms with Gasteiger partial charge < -0.3 is 9.47 Å². The first kappa shape index (κ1) is 12.9. The maximum Gasteiger partial charge on any atom is 0.311 e. The van der Waals surface area contributed by atoms with Gasteiger partial charge in [0.15, 0.2) is 0 Å². The monoisotopic (exact) mass is 202 g/mol. The van der Waals surface area contributed by atoms with Crippen LogP contribution in [0.3, 0.4) is 0 Å². The molecule has 0 aliphatic rings. The van der Waals surface area contributed by atoms with Gasteiger partial charge in [-0.2, -0.15) is 0 Å². The lowest BCUT2D eigenvalue weighted by Crippen LogP contribution is -2.24. The number of rotatable bonds is 4. The maximum atomic E-state index is 11.2. The standard InChI is InChI=1S/C10H18O4/c1-5-8(11)13-6-7-14-9(12)10(2,3)4/h5-7H2,1-4H3. The number of hydrogen-bond donors (Lipinski definition) is 0. The van der Waals surface area contributed by atoms with Crippen LogP contribution < -0.4 is 0 Å². The van der Waals surface area contributed by atoms with Crippen molar-refractivity contribution >= 4 is 11.9 Å². The number of ether oxygens (including phenoxy) is 2. The molecule has 0 aromatic heterocycles. The van der Waals surface area contributed by atoms with Crippen molar-refractivity contribution in [2.24, 2.45) is 5.41 Å². The lowest BCUT2D eigenvalue weighted by Gasteiger charge is -2.16. The van der Waals surface area contributed by atoms with E-state index in [0.717, 1.165) is 0 Å². The van der Waals surface area contributed by atoms with Crippen LogP contribution in [0.1, 0.15) is 34.1 Å². The van der Waals surface area contributed by atoms with Crippen LogP contribution in [0, 0.1) is 5.41 Å². The van der Waals surface area contributed by atoms with Gasteiger partial charge in [-0.05, 0) is 20.8 Å². The van der Waals surface area contributed by atoms with Crippen molar-refractivity contribution in [1.29, 1.82) is 0 Å². The summed E-state index contributed by atoms with van der Waals surface area (Å²) in [6.07, 6.45) is 0.340. The molecule has 0 bridgehead atoms. The molecule has 0 N–H and O–H groups in total. The molecule has 0 radical (unpaired) electrons. The smallest absolute Gasteiger partial charge is 0.311 e. The molecule has 4 heteroatoms. The van der Waals surface area contributed by atoms with Gasteiger partial charge >= 0.3 is 11.9 Å². The molecule has 0 heterocycles. The van der Waals surface area contributed by atoms with Gasteiger partial charge in [0.1, 0.15) is 13.2 Å². The fourth-order valence-electron chi connectivity index (χ4n) is 0.608. The Morgan fingerprint density at radius 3 is 2.00 bits per heavy atom. The molecular formula is C10H18O4. The van der Waals surface area contributed by atoms with Gasteiger partial charge in [0, 0.05) is 6.42 Å². The Morgan fingerprint density at radius 2 is 1.57 bits per heavy atom. The molecule has 0 fully saturated rings. The molecule has 0 aromatic carbocycles. The minimum absolute atomic E-state index is 0.127. The zero-order chi connectivity index (χ0) is 11.2. The van der Waals surface area contributed by atoms with E-state index >= 15 is 0 Å². The van der Waals surface area contributed by atoms with Gasteiger partial charge in [-0.3, -0.25) is 9.59 Å². The summed E-state index contributed by atoms with van der Waals surface area (Å²) in [7, 11) is 0. The highest BCUT2D eigenvalue weighted by Crippen LogP contribution is 2.14. The minimum atomic E-state index is -0.505. The highest BCUT2D eigenvalue weighted by molar-refractivity contribution is 5.75. The third-order valence-corrected chi connectivity index (χ3v) is 1.48. The Bertz CT molecular complexity index is 203. The molecule has 0 aliphatic carbocycles. The molecule has 0 atom stereocenters. The molecule has 0 aromatic rings. The van der Waals surface area contributed by atoms with Gasteiger partial charge in [-0.15, -0.1) is 0 Å². The average molecular weight is 202 g/mol. The SMILES string of the molecule is CCC(=O)OCCOC(=O)C(C)(C)C. The van der Waals surface area contributed by atoms with E-state index in [4.69, 9.17) is 9.47 Å². The van der Waals surface area contributed by atoms with Crippen molar-refractivity contribution in [3.63, 3.8) is 0 Å². The van der Waals surface area contributed by atoms with E-state index in [1.807, 2.05) is 0 Å². The van der Waals surface area contributed by atoms with E-state index in [9.17, 15) is 9.59 Å². The van der Waals surface area contributed by atoms with Crippen LogP contribution in [0.2, 0.25) is 0 Å². The van der Waals surface area contributed by atoms with Crippen LogP contribution in [0.15, 0.2) is 0 Å². The molecule has 82 valence electrons. The zero-order valence-electron chi connectivity index (χ0n) is 9.25. The summed E-state index contributed by atoms with van der Waals surface area (Å²) >= 11 is 0. The minimum Gasteiger partial charge on any atom is -0.462 e. The second-order valence-corrected chi connectivity index (χ2v) is 3.96. The third kappa shape index (κ3) is 5.56. The number of carbonyl (C=O) groups excluding carboxylic acids is 2. The zero-order valence-corrected chi connectivity index (χ0v) is 9.25. The molecule has 0 saturated heterocycles. The predicted octanol–water partition coefficient (Wildman–Crippen LogP) is 1.53. The van der Waals surface area contributed by atoms with Crippen LogP contribution in [-0.2, 0) is 19.1 Å². The summed E-state index contributed by atoms with van der Waals surface area (Å²) in [6, 6.07) is 0. The van der Waals surface area contributed by atoms with Crippen LogP contribution in [0.4, 0.5) is 0 Å². The topological polar surface area (TPSA) is 52.6 Å². The van der Waals surface area contributed by atoms with Crippen LogP contribution in [0.25, 0.3) is 0 Å². The Balaban J connectivity index is 3.56. The second kappa shape index (κ2) is 5.62. The summed E-state index contributed by atoms with van der Waals surface area (Å²) in [5.74, 6) is -0.568. The first-order valence-electron chi connectivity index (χ1n) is 4.70. The lowest BCUT2D eigenvalue weighted by molar-refractivity contribution is -0.158. The second-order valence-electron chi connectivity index (χ2n) is 3.96. The van der Waals surface area contributed by atoms with Crippen molar-refractivity contribution in [2.75, 3.05) is 13.2 Å². The van der Waals surface area contributed by atoms with Crippen LogP contribution in [-0.4, -0.2) is 25.2 Å². The summed E-state index contributed by atoms with van der Waals surface area (Å²) in [6.45, 7) is 7.29. The van der Waals surface area contributed by atoms with E-state index in [0.29, 0.717) is 6.42 Å². The molecular weight excluding hydrogens is 184 g/mol. The highest BCUT2D eigenvalue weighted by Gasteiger charge is 2.22. The van der Waals surface area contributed by atoms with Gasteiger partial charge in [0.25, 0.3) is 0 Å². The first-order valence-corrected chi connectivity index (χ1v) is 4.70. The van der Waals surface area contributed by atoms with Crippen molar-refractivity contribution in [3.05, 3.63) is 0 Å². The van der Waals surface area contributed by atoms with Gasteiger partial charge in [-0.1, -0.05) is 6.92 Å². The van der Waals surface area contributed by atoms with E-state index in [1.54, 1.807) is 27.7 Å². The predicted molar refractivity (Wildman–Crippen MR) is 51.7 cm³/mol. The largest absolute Gasteiger partial charge is 0.462 e. The molecule has 0 rings (SSSR count). The van der Waals surface area contributed by atoms with Crippen molar-refractivity contribution < 1.29 is 19.1 Å². The molecule has 4 nitrogen and oxygen atoms in total. The van der Waals surface area contributed by atoms with E-state index < -0.39 is 5.41 Å². The molecule has 0 spiro atoms. The molecule has 0 amide bonds. The Morgan fingerprint density at radius 1 is 1.07 bits per heavy atom. The fraction of sp³-hybridized carbons (Fsp3) is 0.800. The van der Waals surface area contributed by atoms with E-state index in [-0.39, 0.29) is 25.2 Å².